The molecule has 41 heavy (non-hydrogen) atoms. The van der Waals surface area contributed by atoms with Crippen molar-refractivity contribution in [3.8, 4) is 0 Å². The predicted octanol–water partition coefficient (Wildman–Crippen LogP) is 6.36. The molecular formula is C32H61IN2O6. The number of piperidine rings is 1. The molecule has 1 fully saturated rings. The van der Waals surface area contributed by atoms with Crippen LogP contribution in [0.2, 0.25) is 0 Å². The second-order valence-electron chi connectivity index (χ2n) is 13.8. The molecule has 2 N–H and O–H groups in total. The zero-order valence-corrected chi connectivity index (χ0v) is 29.7. The van der Waals surface area contributed by atoms with Crippen LogP contribution in [0.3, 0.4) is 0 Å². The summed E-state index contributed by atoms with van der Waals surface area (Å²) in [5.74, 6) is -0.912. The number of unbranched alkanes of at least 4 members (excludes halogenated alkanes) is 1. The minimum Gasteiger partial charge on any atom is -0.465 e. The number of ether oxygens (including phenoxy) is 4. The first kappa shape index (κ1) is 38.5. The Balaban J connectivity index is 2.64. The zero-order valence-electron chi connectivity index (χ0n) is 27.6. The largest absolute Gasteiger partial charge is 0.465 e. The molecule has 242 valence electrons. The van der Waals surface area contributed by atoms with Gasteiger partial charge in [0.05, 0.1) is 38.6 Å². The average molecular weight is 697 g/mol. The van der Waals surface area contributed by atoms with Crippen LogP contribution in [0.25, 0.3) is 0 Å². The van der Waals surface area contributed by atoms with E-state index in [4.69, 9.17) is 18.9 Å². The molecule has 0 aromatic rings. The zero-order chi connectivity index (χ0) is 31.2. The maximum absolute atomic E-state index is 13.5. The van der Waals surface area contributed by atoms with Crippen LogP contribution < -0.4 is 10.6 Å². The fourth-order valence-electron chi connectivity index (χ4n) is 5.95. The molecule has 0 saturated carbocycles. The molecule has 0 amide bonds. The van der Waals surface area contributed by atoms with Crippen molar-refractivity contribution in [3.05, 3.63) is 0 Å². The lowest BCUT2D eigenvalue weighted by molar-refractivity contribution is -0.174. The Morgan fingerprint density at radius 2 is 1.46 bits per heavy atom. The van der Waals surface area contributed by atoms with Crippen LogP contribution in [-0.2, 0) is 28.5 Å². The molecular weight excluding hydrogens is 635 g/mol. The number of hydrogen-bond acceptors (Lipinski definition) is 8. The maximum Gasteiger partial charge on any atom is 0.323 e. The number of esters is 2. The van der Waals surface area contributed by atoms with Crippen LogP contribution in [0, 0.1) is 5.41 Å². The Kier molecular flexibility index (Phi) is 17.2. The lowest BCUT2D eigenvalue weighted by Crippen LogP contribution is -2.59. The fourth-order valence-corrected chi connectivity index (χ4v) is 6.33. The number of carbonyl (C=O) groups excluding carboxylic acids is 2. The first-order valence-electron chi connectivity index (χ1n) is 15.7. The van der Waals surface area contributed by atoms with E-state index in [0.717, 1.165) is 43.0 Å². The molecule has 0 radical (unpaired) electrons. The van der Waals surface area contributed by atoms with Crippen LogP contribution in [0.4, 0.5) is 0 Å². The van der Waals surface area contributed by atoms with Crippen molar-refractivity contribution in [1.29, 1.82) is 0 Å². The Morgan fingerprint density at radius 1 is 0.927 bits per heavy atom. The van der Waals surface area contributed by atoms with Gasteiger partial charge in [-0.3, -0.25) is 9.59 Å². The van der Waals surface area contributed by atoms with Gasteiger partial charge in [0.25, 0.3) is 0 Å². The van der Waals surface area contributed by atoms with Crippen molar-refractivity contribution in [2.24, 2.45) is 5.41 Å². The van der Waals surface area contributed by atoms with Gasteiger partial charge in [-0.25, -0.2) is 0 Å². The third-order valence-electron chi connectivity index (χ3n) is 7.90. The Hall–Kier alpha value is -0.490. The molecule has 0 aliphatic carbocycles. The van der Waals surface area contributed by atoms with Gasteiger partial charge in [0, 0.05) is 29.5 Å². The number of nitrogens with one attached hydrogen (secondary N) is 2. The van der Waals surface area contributed by atoms with Crippen LogP contribution in [0.15, 0.2) is 0 Å². The molecule has 1 rings (SSSR count). The summed E-state index contributed by atoms with van der Waals surface area (Å²) in [7, 11) is 1.95. The van der Waals surface area contributed by atoms with Crippen molar-refractivity contribution in [1.82, 2.24) is 10.6 Å². The van der Waals surface area contributed by atoms with Gasteiger partial charge in [-0.1, -0.05) is 42.4 Å². The molecule has 0 aromatic carbocycles. The average Bonchev–Trinajstić information content (AvgIpc) is 2.86. The minimum absolute atomic E-state index is 0.00288. The highest BCUT2D eigenvalue weighted by atomic mass is 127. The van der Waals surface area contributed by atoms with Crippen LogP contribution >= 0.6 is 22.6 Å². The molecule has 0 bridgehead atoms. The number of rotatable bonds is 21. The molecule has 2 unspecified atom stereocenters. The van der Waals surface area contributed by atoms with Gasteiger partial charge in [-0.05, 0) is 98.5 Å². The van der Waals surface area contributed by atoms with Crippen molar-refractivity contribution in [2.75, 3.05) is 37.9 Å². The van der Waals surface area contributed by atoms with Gasteiger partial charge in [-0.15, -0.1) is 0 Å². The van der Waals surface area contributed by atoms with E-state index in [2.05, 4.69) is 88.6 Å². The van der Waals surface area contributed by atoms with E-state index in [9.17, 15) is 9.59 Å². The van der Waals surface area contributed by atoms with Crippen molar-refractivity contribution in [2.45, 2.75) is 148 Å². The highest BCUT2D eigenvalue weighted by molar-refractivity contribution is 14.1. The van der Waals surface area contributed by atoms with Crippen LogP contribution in [0.1, 0.15) is 120 Å². The second kappa shape index (κ2) is 18.3. The van der Waals surface area contributed by atoms with E-state index < -0.39 is 17.4 Å². The van der Waals surface area contributed by atoms with Gasteiger partial charge in [0.2, 0.25) is 0 Å². The topological polar surface area (TPSA) is 95.1 Å². The summed E-state index contributed by atoms with van der Waals surface area (Å²) in [6, 6.07) is 0. The molecule has 0 aromatic heterocycles. The molecule has 1 aliphatic heterocycles. The standard InChI is InChI=1S/C32H61IN2O6/c1-10-11-15-32(16-12-17-33,27(36)40-20-13-18-38-25(2)22-29(3,4)34-9)28(37)41-21-14-19-39-26-23-30(5,6)35-31(7,8)24-26/h25-26,34-35H,10-24H2,1-9H3. The van der Waals surface area contributed by atoms with Gasteiger partial charge >= 0.3 is 11.9 Å². The smallest absolute Gasteiger partial charge is 0.323 e. The van der Waals surface area contributed by atoms with Crippen LogP contribution in [-0.4, -0.2) is 78.7 Å². The second-order valence-corrected chi connectivity index (χ2v) is 14.8. The number of hydrogen-bond donors (Lipinski definition) is 2. The van der Waals surface area contributed by atoms with E-state index in [1.807, 2.05) is 7.05 Å². The molecule has 1 aliphatic rings. The molecule has 8 nitrogen and oxygen atoms in total. The summed E-state index contributed by atoms with van der Waals surface area (Å²) in [5, 5.41) is 6.96. The first-order valence-corrected chi connectivity index (χ1v) is 17.3. The van der Waals surface area contributed by atoms with E-state index in [1.165, 1.54) is 0 Å². The van der Waals surface area contributed by atoms with Gasteiger partial charge < -0.3 is 29.6 Å². The lowest BCUT2D eigenvalue weighted by Gasteiger charge is -2.46. The SMILES string of the molecule is CCCCC(CCCI)(C(=O)OCCCOC(C)CC(C)(C)NC)C(=O)OCCCOC1CC(C)(C)NC(C)(C)C1. The predicted molar refractivity (Wildman–Crippen MR) is 175 cm³/mol. The number of carbonyl (C=O) groups is 2. The molecule has 9 heteroatoms. The van der Waals surface area contributed by atoms with E-state index in [0.29, 0.717) is 38.9 Å². The van der Waals surface area contributed by atoms with E-state index >= 15 is 0 Å². The molecule has 2 atom stereocenters. The minimum atomic E-state index is -1.25. The Labute approximate surface area is 264 Å². The molecule has 1 heterocycles. The van der Waals surface area contributed by atoms with Crippen molar-refractivity contribution >= 4 is 34.5 Å². The quantitative estimate of drug-likeness (QED) is 0.0471. The number of halogens is 1. The summed E-state index contributed by atoms with van der Waals surface area (Å²) in [6.45, 7) is 18.7. The van der Waals surface area contributed by atoms with Crippen molar-refractivity contribution < 1.29 is 28.5 Å². The Morgan fingerprint density at radius 3 is 1.98 bits per heavy atom. The van der Waals surface area contributed by atoms with Crippen molar-refractivity contribution in [3.63, 3.8) is 0 Å². The highest BCUT2D eigenvalue weighted by Gasteiger charge is 2.47. The molecule has 0 spiro atoms. The fraction of sp³-hybridized carbons (Fsp3) is 0.938. The summed E-state index contributed by atoms with van der Waals surface area (Å²) < 4.78 is 24.4. The normalized spacial score (nSPS) is 19.4. The van der Waals surface area contributed by atoms with Gasteiger partial charge in [0.15, 0.2) is 5.41 Å². The molecule has 1 saturated heterocycles. The lowest BCUT2D eigenvalue weighted by atomic mass is 9.78. The van der Waals surface area contributed by atoms with E-state index in [-0.39, 0.29) is 42.0 Å². The third kappa shape index (κ3) is 14.7. The first-order chi connectivity index (χ1) is 19.1. The summed E-state index contributed by atoms with van der Waals surface area (Å²) in [6.07, 6.45) is 7.49. The summed E-state index contributed by atoms with van der Waals surface area (Å²) >= 11 is 2.29. The monoisotopic (exact) mass is 696 g/mol. The summed E-state index contributed by atoms with van der Waals surface area (Å²) in [5.41, 5.74) is -1.22. The third-order valence-corrected chi connectivity index (χ3v) is 8.67. The van der Waals surface area contributed by atoms with Crippen LogP contribution in [0.5, 0.6) is 0 Å². The maximum atomic E-state index is 13.5. The van der Waals surface area contributed by atoms with E-state index in [1.54, 1.807) is 0 Å². The highest BCUT2D eigenvalue weighted by Crippen LogP contribution is 2.35. The van der Waals surface area contributed by atoms with Gasteiger partial charge in [-0.2, -0.15) is 0 Å². The summed E-state index contributed by atoms with van der Waals surface area (Å²) in [4.78, 5) is 26.9. The van der Waals surface area contributed by atoms with Gasteiger partial charge in [0.1, 0.15) is 0 Å². The number of alkyl halides is 1. The Bertz CT molecular complexity index is 749.